The van der Waals surface area contributed by atoms with E-state index in [-0.39, 0.29) is 11.9 Å². The third-order valence-corrected chi connectivity index (χ3v) is 4.69. The molecule has 3 heterocycles. The molecule has 1 N–H and O–H groups in total. The second-order valence-electron chi connectivity index (χ2n) is 5.37. The topological polar surface area (TPSA) is 49.0 Å². The highest BCUT2D eigenvalue weighted by Crippen LogP contribution is 2.31. The van der Waals surface area contributed by atoms with E-state index in [0.717, 1.165) is 36.2 Å². The summed E-state index contributed by atoms with van der Waals surface area (Å²) in [6.45, 7) is 2.90. The van der Waals surface area contributed by atoms with Crippen LogP contribution < -0.4 is 0 Å². The first-order valence-corrected chi connectivity index (χ1v) is 8.00. The molecule has 1 aliphatic rings. The van der Waals surface area contributed by atoms with Crippen LogP contribution >= 0.6 is 11.3 Å². The van der Waals surface area contributed by atoms with Crippen LogP contribution in [0.25, 0.3) is 0 Å². The number of carbonyl (C=O) groups is 1. The van der Waals surface area contributed by atoms with E-state index in [1.54, 1.807) is 11.3 Å². The number of aromatic amines is 1. The number of hydrogen-bond acceptors (Lipinski definition) is 3. The van der Waals surface area contributed by atoms with Crippen molar-refractivity contribution in [1.82, 2.24) is 15.1 Å². The van der Waals surface area contributed by atoms with Crippen molar-refractivity contribution in [1.29, 1.82) is 0 Å². The van der Waals surface area contributed by atoms with Gasteiger partial charge in [-0.25, -0.2) is 0 Å². The van der Waals surface area contributed by atoms with Crippen molar-refractivity contribution in [2.45, 2.75) is 38.6 Å². The van der Waals surface area contributed by atoms with E-state index in [4.69, 9.17) is 0 Å². The standard InChI is InChI=1S/C15H19N3OS/c1-11-9-16-17-15(11)13-4-2-3-6-18(13)14(19)8-12-5-7-20-10-12/h5,7,9-10,13H,2-4,6,8H2,1H3,(H,16,17)/t13-/m1/s1. The molecule has 3 rings (SSSR count). The van der Waals surface area contributed by atoms with Crippen molar-refractivity contribution in [3.63, 3.8) is 0 Å². The second kappa shape index (κ2) is 5.79. The normalized spacial score (nSPS) is 19.2. The molecule has 0 radical (unpaired) electrons. The maximum absolute atomic E-state index is 12.6. The average Bonchev–Trinajstić information content (AvgIpc) is 3.10. The number of nitrogens with zero attached hydrogens (tertiary/aromatic N) is 2. The van der Waals surface area contributed by atoms with E-state index in [0.29, 0.717) is 6.42 Å². The van der Waals surface area contributed by atoms with Crippen LogP contribution in [0.1, 0.15) is 42.1 Å². The maximum atomic E-state index is 12.6. The van der Waals surface area contributed by atoms with Gasteiger partial charge in [-0.3, -0.25) is 9.89 Å². The number of amides is 1. The highest BCUT2D eigenvalue weighted by atomic mass is 32.1. The monoisotopic (exact) mass is 289 g/mol. The SMILES string of the molecule is Cc1cn[nH]c1[C@H]1CCCCN1C(=O)Cc1ccsc1. The van der Waals surface area contributed by atoms with Gasteiger partial charge in [0.1, 0.15) is 0 Å². The summed E-state index contributed by atoms with van der Waals surface area (Å²) in [6.07, 6.45) is 5.64. The molecule has 5 heteroatoms. The van der Waals surface area contributed by atoms with Crippen molar-refractivity contribution in [2.24, 2.45) is 0 Å². The van der Waals surface area contributed by atoms with Gasteiger partial charge < -0.3 is 4.90 Å². The first-order chi connectivity index (χ1) is 9.75. The zero-order valence-corrected chi connectivity index (χ0v) is 12.4. The molecule has 2 aromatic rings. The molecule has 4 nitrogen and oxygen atoms in total. The lowest BCUT2D eigenvalue weighted by Crippen LogP contribution is -2.39. The molecular formula is C15H19N3OS. The molecule has 0 aromatic carbocycles. The number of aryl methyl sites for hydroxylation is 1. The number of carbonyl (C=O) groups excluding carboxylic acids is 1. The van der Waals surface area contributed by atoms with Gasteiger partial charge >= 0.3 is 0 Å². The zero-order valence-electron chi connectivity index (χ0n) is 11.6. The predicted molar refractivity (Wildman–Crippen MR) is 79.7 cm³/mol. The molecule has 1 saturated heterocycles. The first-order valence-electron chi connectivity index (χ1n) is 7.06. The fraction of sp³-hybridized carbons (Fsp3) is 0.467. The largest absolute Gasteiger partial charge is 0.334 e. The summed E-state index contributed by atoms with van der Waals surface area (Å²) < 4.78 is 0. The van der Waals surface area contributed by atoms with E-state index < -0.39 is 0 Å². The fourth-order valence-corrected chi connectivity index (χ4v) is 3.56. The van der Waals surface area contributed by atoms with Crippen LogP contribution in [-0.2, 0) is 11.2 Å². The molecule has 106 valence electrons. The molecule has 1 atom stereocenters. The average molecular weight is 289 g/mol. The Morgan fingerprint density at radius 1 is 1.55 bits per heavy atom. The molecule has 0 aliphatic carbocycles. The summed E-state index contributed by atoms with van der Waals surface area (Å²) in [5.74, 6) is 0.224. The summed E-state index contributed by atoms with van der Waals surface area (Å²) in [5.41, 5.74) is 3.36. The lowest BCUT2D eigenvalue weighted by atomic mass is 9.96. The Balaban J connectivity index is 1.78. The van der Waals surface area contributed by atoms with Crippen LogP contribution in [0.3, 0.4) is 0 Å². The van der Waals surface area contributed by atoms with E-state index in [1.165, 1.54) is 6.42 Å². The molecule has 1 amide bonds. The highest BCUT2D eigenvalue weighted by molar-refractivity contribution is 7.07. The van der Waals surface area contributed by atoms with E-state index in [1.807, 2.05) is 22.5 Å². The van der Waals surface area contributed by atoms with Gasteiger partial charge in [-0.2, -0.15) is 16.4 Å². The van der Waals surface area contributed by atoms with Gasteiger partial charge in [0.05, 0.1) is 24.4 Å². The number of rotatable bonds is 3. The fourth-order valence-electron chi connectivity index (χ4n) is 2.89. The Kier molecular flexibility index (Phi) is 3.87. The molecule has 0 spiro atoms. The number of piperidine rings is 1. The van der Waals surface area contributed by atoms with Crippen LogP contribution in [0.5, 0.6) is 0 Å². The summed E-state index contributed by atoms with van der Waals surface area (Å²) in [7, 11) is 0. The lowest BCUT2D eigenvalue weighted by Gasteiger charge is -2.35. The van der Waals surface area contributed by atoms with Crippen LogP contribution in [0.15, 0.2) is 23.0 Å². The minimum Gasteiger partial charge on any atom is -0.334 e. The minimum absolute atomic E-state index is 0.164. The van der Waals surface area contributed by atoms with Crippen LogP contribution in [-0.4, -0.2) is 27.5 Å². The summed E-state index contributed by atoms with van der Waals surface area (Å²) in [4.78, 5) is 14.6. The third kappa shape index (κ3) is 2.63. The van der Waals surface area contributed by atoms with Crippen molar-refractivity contribution >= 4 is 17.2 Å². The highest BCUT2D eigenvalue weighted by Gasteiger charge is 2.29. The predicted octanol–water partition coefficient (Wildman–Crippen LogP) is 3.08. The second-order valence-corrected chi connectivity index (χ2v) is 6.15. The molecule has 0 bridgehead atoms. The number of aromatic nitrogens is 2. The van der Waals surface area contributed by atoms with E-state index >= 15 is 0 Å². The summed E-state index contributed by atoms with van der Waals surface area (Å²) in [6, 6.07) is 2.19. The zero-order chi connectivity index (χ0) is 13.9. The molecule has 20 heavy (non-hydrogen) atoms. The number of H-pyrrole nitrogens is 1. The summed E-state index contributed by atoms with van der Waals surface area (Å²) in [5, 5.41) is 11.3. The van der Waals surface area contributed by atoms with Crippen LogP contribution in [0.2, 0.25) is 0 Å². The van der Waals surface area contributed by atoms with E-state index in [2.05, 4.69) is 22.5 Å². The third-order valence-electron chi connectivity index (χ3n) is 3.96. The Morgan fingerprint density at radius 2 is 2.45 bits per heavy atom. The molecule has 2 aromatic heterocycles. The molecule has 0 saturated carbocycles. The Morgan fingerprint density at radius 3 is 3.15 bits per heavy atom. The van der Waals surface area contributed by atoms with Gasteiger partial charge in [0.25, 0.3) is 0 Å². The minimum atomic E-state index is 0.164. The van der Waals surface area contributed by atoms with Gasteiger partial charge in [0, 0.05) is 6.54 Å². The van der Waals surface area contributed by atoms with Crippen molar-refractivity contribution in [3.8, 4) is 0 Å². The quantitative estimate of drug-likeness (QED) is 0.944. The Labute approximate surface area is 122 Å². The van der Waals surface area contributed by atoms with Crippen LogP contribution in [0, 0.1) is 6.92 Å². The Bertz CT molecular complexity index is 576. The van der Waals surface area contributed by atoms with Gasteiger partial charge in [-0.05, 0) is 54.1 Å². The molecule has 1 fully saturated rings. The molecule has 1 aliphatic heterocycles. The van der Waals surface area contributed by atoms with E-state index in [9.17, 15) is 4.79 Å². The first kappa shape index (κ1) is 13.4. The van der Waals surface area contributed by atoms with Gasteiger partial charge in [-0.1, -0.05) is 0 Å². The number of thiophene rings is 1. The van der Waals surface area contributed by atoms with Gasteiger partial charge in [0.2, 0.25) is 5.91 Å². The lowest BCUT2D eigenvalue weighted by molar-refractivity contribution is -0.134. The van der Waals surface area contributed by atoms with Crippen LogP contribution in [0.4, 0.5) is 0 Å². The van der Waals surface area contributed by atoms with Crippen molar-refractivity contribution in [2.75, 3.05) is 6.54 Å². The van der Waals surface area contributed by atoms with Gasteiger partial charge in [-0.15, -0.1) is 0 Å². The van der Waals surface area contributed by atoms with Gasteiger partial charge in [0.15, 0.2) is 0 Å². The number of nitrogens with one attached hydrogen (secondary N) is 1. The summed E-state index contributed by atoms with van der Waals surface area (Å²) >= 11 is 1.64. The van der Waals surface area contributed by atoms with Crippen molar-refractivity contribution < 1.29 is 4.79 Å². The molecular weight excluding hydrogens is 270 g/mol. The smallest absolute Gasteiger partial charge is 0.227 e. The maximum Gasteiger partial charge on any atom is 0.227 e. The van der Waals surface area contributed by atoms with Crippen molar-refractivity contribution in [3.05, 3.63) is 39.8 Å². The number of hydrogen-bond donors (Lipinski definition) is 1. The number of likely N-dealkylation sites (tertiary alicyclic amines) is 1. The Hall–Kier alpha value is -1.62. The molecule has 0 unspecified atom stereocenters.